The van der Waals surface area contributed by atoms with Crippen LogP contribution in [0.25, 0.3) is 0 Å². The first-order valence-corrected chi connectivity index (χ1v) is 5.14. The summed E-state index contributed by atoms with van der Waals surface area (Å²) in [6.45, 7) is 2.19. The maximum absolute atomic E-state index is 5.99. The number of nitrogen functional groups attached to an aromatic ring is 1. The van der Waals surface area contributed by atoms with Crippen molar-refractivity contribution >= 4 is 5.82 Å². The van der Waals surface area contributed by atoms with Gasteiger partial charge in [0.25, 0.3) is 0 Å². The predicted molar refractivity (Wildman–Crippen MR) is 53.5 cm³/mol. The van der Waals surface area contributed by atoms with Gasteiger partial charge in [0.05, 0.1) is 12.0 Å². The Hall–Kier alpha value is -0.990. The largest absolute Gasteiger partial charge is 0.384 e. The average Bonchev–Trinajstić information content (AvgIpc) is 2.89. The van der Waals surface area contributed by atoms with Crippen LogP contribution >= 0.6 is 0 Å². The van der Waals surface area contributed by atoms with Crippen LogP contribution < -0.4 is 5.73 Å². The van der Waals surface area contributed by atoms with Gasteiger partial charge in [-0.15, -0.1) is 0 Å². The summed E-state index contributed by atoms with van der Waals surface area (Å²) in [4.78, 5) is 4.35. The monoisotopic (exact) mass is 179 g/mol. The van der Waals surface area contributed by atoms with Gasteiger partial charge in [0, 0.05) is 6.04 Å². The number of anilines is 1. The lowest BCUT2D eigenvalue weighted by Gasteiger charge is -2.02. The Bertz CT molecular complexity index is 286. The zero-order valence-corrected chi connectivity index (χ0v) is 8.16. The maximum atomic E-state index is 5.99. The second kappa shape index (κ2) is 3.40. The van der Waals surface area contributed by atoms with Crippen LogP contribution in [0.4, 0.5) is 5.82 Å². The highest BCUT2D eigenvalue weighted by molar-refractivity contribution is 5.37. The van der Waals surface area contributed by atoms with Crippen molar-refractivity contribution in [2.45, 2.75) is 45.1 Å². The van der Waals surface area contributed by atoms with Crippen molar-refractivity contribution in [1.82, 2.24) is 9.55 Å². The Morgan fingerprint density at radius 1 is 1.62 bits per heavy atom. The van der Waals surface area contributed by atoms with Crippen molar-refractivity contribution in [2.75, 3.05) is 5.73 Å². The van der Waals surface area contributed by atoms with E-state index in [0.717, 1.165) is 17.9 Å². The number of nitrogens with two attached hydrogens (primary N) is 1. The van der Waals surface area contributed by atoms with Gasteiger partial charge >= 0.3 is 0 Å². The Balaban J connectivity index is 2.08. The van der Waals surface area contributed by atoms with Crippen LogP contribution in [-0.2, 0) is 6.42 Å². The molecule has 0 unspecified atom stereocenters. The molecule has 1 aromatic heterocycles. The summed E-state index contributed by atoms with van der Waals surface area (Å²) in [5.41, 5.74) is 7.08. The molecule has 0 aliphatic heterocycles. The molecule has 0 atom stereocenters. The summed E-state index contributed by atoms with van der Waals surface area (Å²) >= 11 is 0. The van der Waals surface area contributed by atoms with E-state index in [2.05, 4.69) is 16.5 Å². The van der Waals surface area contributed by atoms with Gasteiger partial charge in [0.1, 0.15) is 5.82 Å². The Morgan fingerprint density at radius 2 is 2.38 bits per heavy atom. The third kappa shape index (κ3) is 1.69. The number of aromatic nitrogens is 2. The standard InChI is InChI=1S/C10H17N3/c1-2-3-4-9-10(11)13(7-12-9)8-5-6-8/h7-8H,2-6,11H2,1H3. The van der Waals surface area contributed by atoms with E-state index in [0.29, 0.717) is 6.04 Å². The van der Waals surface area contributed by atoms with Gasteiger partial charge in [-0.25, -0.2) is 4.98 Å². The molecular weight excluding hydrogens is 162 g/mol. The lowest BCUT2D eigenvalue weighted by molar-refractivity contribution is 0.748. The fourth-order valence-corrected chi connectivity index (χ4v) is 1.59. The van der Waals surface area contributed by atoms with E-state index in [4.69, 9.17) is 5.73 Å². The van der Waals surface area contributed by atoms with Crippen molar-refractivity contribution in [2.24, 2.45) is 0 Å². The van der Waals surface area contributed by atoms with Gasteiger partial charge in [-0.3, -0.25) is 0 Å². The van der Waals surface area contributed by atoms with Crippen LogP contribution in [0, 0.1) is 0 Å². The molecule has 72 valence electrons. The smallest absolute Gasteiger partial charge is 0.126 e. The molecule has 0 radical (unpaired) electrons. The van der Waals surface area contributed by atoms with E-state index >= 15 is 0 Å². The summed E-state index contributed by atoms with van der Waals surface area (Å²) < 4.78 is 2.13. The predicted octanol–water partition coefficient (Wildman–Crippen LogP) is 2.14. The highest BCUT2D eigenvalue weighted by Crippen LogP contribution is 2.37. The molecule has 1 fully saturated rings. The second-order valence-electron chi connectivity index (χ2n) is 3.82. The number of rotatable bonds is 4. The molecule has 3 heteroatoms. The number of hydrogen-bond acceptors (Lipinski definition) is 2. The number of unbranched alkanes of at least 4 members (excludes halogenated alkanes) is 1. The second-order valence-corrected chi connectivity index (χ2v) is 3.82. The van der Waals surface area contributed by atoms with Crippen molar-refractivity contribution in [1.29, 1.82) is 0 Å². The third-order valence-corrected chi connectivity index (χ3v) is 2.62. The van der Waals surface area contributed by atoms with Crippen LogP contribution in [0.3, 0.4) is 0 Å². The molecule has 3 nitrogen and oxygen atoms in total. The number of aryl methyl sites for hydroxylation is 1. The number of hydrogen-bond donors (Lipinski definition) is 1. The van der Waals surface area contributed by atoms with Crippen LogP contribution in [0.2, 0.25) is 0 Å². The van der Waals surface area contributed by atoms with Crippen LogP contribution in [0.15, 0.2) is 6.33 Å². The van der Waals surface area contributed by atoms with Crippen LogP contribution in [0.1, 0.15) is 44.3 Å². The van der Waals surface area contributed by atoms with E-state index in [1.165, 1.54) is 25.7 Å². The molecule has 0 bridgehead atoms. The highest BCUT2D eigenvalue weighted by atomic mass is 15.2. The van der Waals surface area contributed by atoms with E-state index < -0.39 is 0 Å². The Kier molecular flexibility index (Phi) is 2.25. The number of imidazole rings is 1. The van der Waals surface area contributed by atoms with Gasteiger partial charge in [-0.05, 0) is 25.7 Å². The first-order valence-electron chi connectivity index (χ1n) is 5.14. The topological polar surface area (TPSA) is 43.8 Å². The van der Waals surface area contributed by atoms with Crippen LogP contribution in [0.5, 0.6) is 0 Å². The molecular formula is C10H17N3. The molecule has 1 heterocycles. The van der Waals surface area contributed by atoms with Gasteiger partial charge in [-0.1, -0.05) is 13.3 Å². The average molecular weight is 179 g/mol. The van der Waals surface area contributed by atoms with Gasteiger partial charge in [-0.2, -0.15) is 0 Å². The molecule has 2 N–H and O–H groups in total. The van der Waals surface area contributed by atoms with Gasteiger partial charge in [0.2, 0.25) is 0 Å². The summed E-state index contributed by atoms with van der Waals surface area (Å²) in [6, 6.07) is 0.655. The molecule has 1 aromatic rings. The van der Waals surface area contributed by atoms with E-state index in [1.807, 2.05) is 6.33 Å². The maximum Gasteiger partial charge on any atom is 0.126 e. The number of nitrogens with zero attached hydrogens (tertiary/aromatic N) is 2. The minimum Gasteiger partial charge on any atom is -0.384 e. The Labute approximate surface area is 79.0 Å². The highest BCUT2D eigenvalue weighted by Gasteiger charge is 2.25. The quantitative estimate of drug-likeness (QED) is 0.769. The lowest BCUT2D eigenvalue weighted by Crippen LogP contribution is -2.01. The Morgan fingerprint density at radius 3 is 3.00 bits per heavy atom. The van der Waals surface area contributed by atoms with Crippen molar-refractivity contribution in [3.63, 3.8) is 0 Å². The van der Waals surface area contributed by atoms with E-state index in [-0.39, 0.29) is 0 Å². The zero-order chi connectivity index (χ0) is 9.26. The lowest BCUT2D eigenvalue weighted by atomic mass is 10.2. The molecule has 0 aromatic carbocycles. The van der Waals surface area contributed by atoms with Gasteiger partial charge < -0.3 is 10.3 Å². The SMILES string of the molecule is CCCCc1ncn(C2CC2)c1N. The summed E-state index contributed by atoms with van der Waals surface area (Å²) in [5, 5.41) is 0. The fraction of sp³-hybridized carbons (Fsp3) is 0.700. The van der Waals surface area contributed by atoms with Crippen LogP contribution in [-0.4, -0.2) is 9.55 Å². The molecule has 0 spiro atoms. The summed E-state index contributed by atoms with van der Waals surface area (Å²) in [6.07, 6.45) is 7.86. The van der Waals surface area contributed by atoms with Crippen molar-refractivity contribution in [3.8, 4) is 0 Å². The molecule has 1 aliphatic rings. The van der Waals surface area contributed by atoms with Crippen molar-refractivity contribution in [3.05, 3.63) is 12.0 Å². The van der Waals surface area contributed by atoms with Crippen molar-refractivity contribution < 1.29 is 0 Å². The third-order valence-electron chi connectivity index (χ3n) is 2.62. The summed E-state index contributed by atoms with van der Waals surface area (Å²) in [5.74, 6) is 0.899. The minimum absolute atomic E-state index is 0.655. The summed E-state index contributed by atoms with van der Waals surface area (Å²) in [7, 11) is 0. The minimum atomic E-state index is 0.655. The molecule has 13 heavy (non-hydrogen) atoms. The van der Waals surface area contributed by atoms with E-state index in [1.54, 1.807) is 0 Å². The first kappa shape index (κ1) is 8.60. The van der Waals surface area contributed by atoms with E-state index in [9.17, 15) is 0 Å². The fourth-order valence-electron chi connectivity index (χ4n) is 1.59. The normalized spacial score (nSPS) is 16.4. The molecule has 1 aliphatic carbocycles. The van der Waals surface area contributed by atoms with Gasteiger partial charge in [0.15, 0.2) is 0 Å². The zero-order valence-electron chi connectivity index (χ0n) is 8.16. The molecule has 1 saturated carbocycles. The molecule has 0 saturated heterocycles. The molecule has 0 amide bonds. The first-order chi connectivity index (χ1) is 6.33. The molecule has 2 rings (SSSR count).